The monoisotopic (exact) mass is 218 g/mol. The molecule has 0 aliphatic carbocycles. The molecule has 1 rings (SSSR count). The van der Waals surface area contributed by atoms with Gasteiger partial charge in [0.2, 0.25) is 0 Å². The molecule has 0 unspecified atom stereocenters. The maximum absolute atomic E-state index is 12.2. The highest BCUT2D eigenvalue weighted by Gasteiger charge is 2.40. The summed E-state index contributed by atoms with van der Waals surface area (Å²) >= 11 is 0. The molecule has 0 radical (unpaired) electrons. The van der Waals surface area contributed by atoms with Gasteiger partial charge in [0.25, 0.3) is 5.78 Å². The van der Waals surface area contributed by atoms with Gasteiger partial charge in [0, 0.05) is 12.7 Å². The fourth-order valence-corrected chi connectivity index (χ4v) is 1.18. The van der Waals surface area contributed by atoms with E-state index < -0.39 is 12.0 Å². The average molecular weight is 218 g/mol. The maximum Gasteiger partial charge on any atom is 0.454 e. The maximum atomic E-state index is 12.2. The Morgan fingerprint density at radius 1 is 1.33 bits per heavy atom. The Hall–Kier alpha value is -1.36. The van der Waals surface area contributed by atoms with Crippen LogP contribution >= 0.6 is 0 Å². The van der Waals surface area contributed by atoms with E-state index in [2.05, 4.69) is 0 Å². The molecule has 0 N–H and O–H groups in total. The van der Waals surface area contributed by atoms with Crippen molar-refractivity contribution in [2.24, 2.45) is 0 Å². The van der Waals surface area contributed by atoms with Gasteiger partial charge >= 0.3 is 6.18 Å². The lowest BCUT2D eigenvalue weighted by atomic mass is 10.0. The van der Waals surface area contributed by atoms with E-state index in [0.29, 0.717) is 0 Å². The summed E-state index contributed by atoms with van der Waals surface area (Å²) < 4.78 is 41.2. The third-order valence-corrected chi connectivity index (χ3v) is 1.82. The van der Waals surface area contributed by atoms with Crippen molar-refractivity contribution in [3.63, 3.8) is 0 Å². The summed E-state index contributed by atoms with van der Waals surface area (Å²) in [5.41, 5.74) is -0.117. The first-order valence-electron chi connectivity index (χ1n) is 4.15. The van der Waals surface area contributed by atoms with Gasteiger partial charge in [-0.2, -0.15) is 13.2 Å². The molecule has 1 aromatic carbocycles. The minimum atomic E-state index is -4.84. The van der Waals surface area contributed by atoms with Crippen molar-refractivity contribution in [3.8, 4) is 0 Å². The van der Waals surface area contributed by atoms with Crippen molar-refractivity contribution < 1.29 is 22.7 Å². The first-order chi connectivity index (χ1) is 6.96. The van der Waals surface area contributed by atoms with E-state index in [1.54, 1.807) is 6.07 Å². The second kappa shape index (κ2) is 4.44. The van der Waals surface area contributed by atoms with Crippen LogP contribution in [0.15, 0.2) is 24.3 Å². The Labute approximate surface area is 84.7 Å². The molecule has 0 heterocycles. The summed E-state index contributed by atoms with van der Waals surface area (Å²) in [5, 5.41) is 0. The fraction of sp³-hybridized carbons (Fsp3) is 0.300. The number of halogens is 3. The number of carbonyl (C=O) groups excluding carboxylic acids is 1. The number of alkyl halides is 3. The number of Topliss-reactive ketones (excluding diaryl/α,β-unsaturated/α-hetero) is 1. The zero-order valence-corrected chi connectivity index (χ0v) is 7.97. The predicted molar refractivity (Wildman–Crippen MR) is 47.5 cm³/mol. The SMILES string of the molecule is COCc1ccccc1C(=O)C(F)(F)F. The van der Waals surface area contributed by atoms with Crippen LogP contribution in [0.3, 0.4) is 0 Å². The van der Waals surface area contributed by atoms with E-state index in [1.165, 1.54) is 19.2 Å². The Morgan fingerprint density at radius 2 is 1.93 bits per heavy atom. The van der Waals surface area contributed by atoms with Gasteiger partial charge in [0.05, 0.1) is 6.61 Å². The van der Waals surface area contributed by atoms with E-state index in [0.717, 1.165) is 6.07 Å². The van der Waals surface area contributed by atoms with Gasteiger partial charge in [-0.25, -0.2) is 0 Å². The third-order valence-electron chi connectivity index (χ3n) is 1.82. The molecule has 0 aliphatic rings. The lowest BCUT2D eigenvalue weighted by Gasteiger charge is -2.09. The quantitative estimate of drug-likeness (QED) is 0.729. The fourth-order valence-electron chi connectivity index (χ4n) is 1.18. The number of ether oxygens (including phenoxy) is 1. The topological polar surface area (TPSA) is 26.3 Å². The molecule has 2 nitrogen and oxygen atoms in total. The Morgan fingerprint density at radius 3 is 2.47 bits per heavy atom. The van der Waals surface area contributed by atoms with Crippen molar-refractivity contribution >= 4 is 5.78 Å². The second-order valence-electron chi connectivity index (χ2n) is 2.92. The van der Waals surface area contributed by atoms with Gasteiger partial charge in [0.1, 0.15) is 0 Å². The van der Waals surface area contributed by atoms with Crippen LogP contribution in [0.1, 0.15) is 15.9 Å². The van der Waals surface area contributed by atoms with Crippen LogP contribution in [0, 0.1) is 0 Å². The number of hydrogen-bond acceptors (Lipinski definition) is 2. The lowest BCUT2D eigenvalue weighted by molar-refractivity contribution is -0.0886. The highest BCUT2D eigenvalue weighted by Crippen LogP contribution is 2.23. The highest BCUT2D eigenvalue weighted by molar-refractivity contribution is 6.01. The summed E-state index contributed by atoms with van der Waals surface area (Å²) in [6.45, 7) is -0.0159. The van der Waals surface area contributed by atoms with E-state index in [4.69, 9.17) is 4.74 Å². The standard InChI is InChI=1S/C10H9F3O2/c1-15-6-7-4-2-3-5-8(7)9(14)10(11,12)13/h2-5H,6H2,1H3. The van der Waals surface area contributed by atoms with Gasteiger partial charge in [-0.1, -0.05) is 24.3 Å². The molecular weight excluding hydrogens is 209 g/mol. The van der Waals surface area contributed by atoms with Crippen molar-refractivity contribution in [3.05, 3.63) is 35.4 Å². The first kappa shape index (κ1) is 11.7. The van der Waals surface area contributed by atoms with Crippen LogP contribution < -0.4 is 0 Å². The van der Waals surface area contributed by atoms with Gasteiger partial charge in [-0.3, -0.25) is 4.79 Å². The second-order valence-corrected chi connectivity index (χ2v) is 2.92. The lowest BCUT2D eigenvalue weighted by Crippen LogP contribution is -2.24. The van der Waals surface area contributed by atoms with Crippen LogP contribution in [-0.4, -0.2) is 19.1 Å². The largest absolute Gasteiger partial charge is 0.454 e. The van der Waals surface area contributed by atoms with Gasteiger partial charge in [-0.15, -0.1) is 0 Å². The van der Waals surface area contributed by atoms with Crippen LogP contribution in [0.25, 0.3) is 0 Å². The van der Waals surface area contributed by atoms with Gasteiger partial charge in [-0.05, 0) is 5.56 Å². The van der Waals surface area contributed by atoms with Crippen LogP contribution in [0.5, 0.6) is 0 Å². The molecule has 0 atom stereocenters. The normalized spacial score (nSPS) is 11.5. The highest BCUT2D eigenvalue weighted by atomic mass is 19.4. The zero-order valence-electron chi connectivity index (χ0n) is 7.97. The first-order valence-corrected chi connectivity index (χ1v) is 4.15. The summed E-state index contributed by atoms with van der Waals surface area (Å²) in [4.78, 5) is 11.0. The molecule has 0 spiro atoms. The minimum Gasteiger partial charge on any atom is -0.380 e. The predicted octanol–water partition coefficient (Wildman–Crippen LogP) is 2.58. The molecule has 0 saturated carbocycles. The number of methoxy groups -OCH3 is 1. The van der Waals surface area contributed by atoms with Crippen LogP contribution in [-0.2, 0) is 11.3 Å². The molecule has 0 aliphatic heterocycles. The number of ketones is 1. The Kier molecular flexibility index (Phi) is 3.47. The van der Waals surface area contributed by atoms with Gasteiger partial charge in [0.15, 0.2) is 0 Å². The Bertz CT molecular complexity index is 358. The third kappa shape index (κ3) is 2.79. The van der Waals surface area contributed by atoms with E-state index in [9.17, 15) is 18.0 Å². The molecule has 15 heavy (non-hydrogen) atoms. The van der Waals surface area contributed by atoms with E-state index >= 15 is 0 Å². The van der Waals surface area contributed by atoms with Crippen molar-refractivity contribution in [1.82, 2.24) is 0 Å². The van der Waals surface area contributed by atoms with E-state index in [1.807, 2.05) is 0 Å². The number of rotatable bonds is 3. The van der Waals surface area contributed by atoms with Crippen molar-refractivity contribution in [2.75, 3.05) is 7.11 Å². The van der Waals surface area contributed by atoms with Gasteiger partial charge < -0.3 is 4.74 Å². The molecule has 0 aromatic heterocycles. The molecule has 5 heteroatoms. The number of carbonyl (C=O) groups is 1. The molecular formula is C10H9F3O2. The molecule has 0 saturated heterocycles. The zero-order chi connectivity index (χ0) is 11.5. The minimum absolute atomic E-state index is 0.0159. The summed E-state index contributed by atoms with van der Waals surface area (Å²) in [6.07, 6.45) is -4.84. The van der Waals surface area contributed by atoms with Crippen LogP contribution in [0.2, 0.25) is 0 Å². The van der Waals surface area contributed by atoms with Crippen molar-refractivity contribution in [2.45, 2.75) is 12.8 Å². The Balaban J connectivity index is 3.08. The smallest absolute Gasteiger partial charge is 0.380 e. The molecule has 0 bridgehead atoms. The molecule has 0 fully saturated rings. The number of benzene rings is 1. The average Bonchev–Trinajstić information content (AvgIpc) is 2.17. The molecule has 1 aromatic rings. The molecule has 0 amide bonds. The summed E-state index contributed by atoms with van der Waals surface area (Å²) in [6, 6.07) is 5.52. The van der Waals surface area contributed by atoms with E-state index in [-0.39, 0.29) is 17.7 Å². The van der Waals surface area contributed by atoms with Crippen LogP contribution in [0.4, 0.5) is 13.2 Å². The summed E-state index contributed by atoms with van der Waals surface area (Å²) in [7, 11) is 1.36. The number of hydrogen-bond donors (Lipinski definition) is 0. The van der Waals surface area contributed by atoms with Crippen molar-refractivity contribution in [1.29, 1.82) is 0 Å². The molecule has 82 valence electrons. The summed E-state index contributed by atoms with van der Waals surface area (Å²) in [5.74, 6) is -1.84.